The highest BCUT2D eigenvalue weighted by molar-refractivity contribution is 7.88. The van der Waals surface area contributed by atoms with Crippen molar-refractivity contribution in [3.8, 4) is 0 Å². The second kappa shape index (κ2) is 8.79. The standard InChI is InChI=1S/C15H24N2O3S/c1-2-3-4-5-6-7-15(18)17-14-10-8-13(9-11-14)12-21(16,19)20/h8-11H,2-7,12H2,1H3,(H,17,18)(H2,16,19,20). The van der Waals surface area contributed by atoms with Gasteiger partial charge in [-0.15, -0.1) is 0 Å². The molecular weight excluding hydrogens is 288 g/mol. The number of hydrogen-bond acceptors (Lipinski definition) is 3. The van der Waals surface area contributed by atoms with E-state index in [-0.39, 0.29) is 11.7 Å². The molecule has 0 heterocycles. The summed E-state index contributed by atoms with van der Waals surface area (Å²) in [5.41, 5.74) is 1.28. The van der Waals surface area contributed by atoms with Crippen LogP contribution in [-0.2, 0) is 20.6 Å². The van der Waals surface area contributed by atoms with Crippen molar-refractivity contribution in [3.63, 3.8) is 0 Å². The summed E-state index contributed by atoms with van der Waals surface area (Å²) < 4.78 is 21.9. The molecule has 0 spiro atoms. The van der Waals surface area contributed by atoms with Crippen LogP contribution in [0.3, 0.4) is 0 Å². The van der Waals surface area contributed by atoms with Gasteiger partial charge in [0.05, 0.1) is 5.75 Å². The van der Waals surface area contributed by atoms with E-state index in [1.807, 2.05) is 0 Å². The molecule has 0 radical (unpaired) electrons. The average Bonchev–Trinajstić information content (AvgIpc) is 2.39. The number of benzene rings is 1. The predicted molar refractivity (Wildman–Crippen MR) is 85.3 cm³/mol. The van der Waals surface area contributed by atoms with Crippen LogP contribution in [0.25, 0.3) is 0 Å². The number of amides is 1. The van der Waals surface area contributed by atoms with E-state index in [9.17, 15) is 13.2 Å². The molecule has 0 saturated carbocycles. The Bertz CT molecular complexity index is 539. The van der Waals surface area contributed by atoms with Gasteiger partial charge >= 0.3 is 0 Å². The van der Waals surface area contributed by atoms with Crippen LogP contribution in [-0.4, -0.2) is 14.3 Å². The first-order valence-electron chi connectivity index (χ1n) is 7.30. The van der Waals surface area contributed by atoms with E-state index in [4.69, 9.17) is 5.14 Å². The minimum Gasteiger partial charge on any atom is -0.326 e. The quantitative estimate of drug-likeness (QED) is 0.687. The number of nitrogens with one attached hydrogen (secondary N) is 1. The van der Waals surface area contributed by atoms with Gasteiger partial charge in [-0.2, -0.15) is 0 Å². The van der Waals surface area contributed by atoms with Gasteiger partial charge in [0, 0.05) is 12.1 Å². The summed E-state index contributed by atoms with van der Waals surface area (Å²) in [7, 11) is -3.52. The van der Waals surface area contributed by atoms with E-state index in [1.54, 1.807) is 24.3 Å². The lowest BCUT2D eigenvalue weighted by Gasteiger charge is -2.06. The van der Waals surface area contributed by atoms with Crippen molar-refractivity contribution >= 4 is 21.6 Å². The number of rotatable bonds is 9. The zero-order valence-corrected chi connectivity index (χ0v) is 13.3. The summed E-state index contributed by atoms with van der Waals surface area (Å²) in [6.45, 7) is 2.16. The van der Waals surface area contributed by atoms with Gasteiger partial charge in [-0.1, -0.05) is 44.7 Å². The third-order valence-electron chi connectivity index (χ3n) is 3.11. The zero-order valence-electron chi connectivity index (χ0n) is 12.5. The summed E-state index contributed by atoms with van der Waals surface area (Å²) in [6, 6.07) is 6.69. The maximum Gasteiger partial charge on any atom is 0.224 e. The van der Waals surface area contributed by atoms with Crippen LogP contribution in [0, 0.1) is 0 Å². The molecule has 0 bridgehead atoms. The van der Waals surface area contributed by atoms with Crippen molar-refractivity contribution in [3.05, 3.63) is 29.8 Å². The number of carbonyl (C=O) groups is 1. The smallest absolute Gasteiger partial charge is 0.224 e. The van der Waals surface area contributed by atoms with Crippen molar-refractivity contribution in [2.45, 2.75) is 51.2 Å². The molecule has 0 atom stereocenters. The maximum atomic E-state index is 11.7. The monoisotopic (exact) mass is 312 g/mol. The van der Waals surface area contributed by atoms with Crippen molar-refractivity contribution < 1.29 is 13.2 Å². The van der Waals surface area contributed by atoms with Crippen LogP contribution in [0.15, 0.2) is 24.3 Å². The second-order valence-corrected chi connectivity index (χ2v) is 6.83. The van der Waals surface area contributed by atoms with Crippen molar-refractivity contribution in [2.75, 3.05) is 5.32 Å². The topological polar surface area (TPSA) is 89.3 Å². The molecule has 1 aromatic rings. The largest absolute Gasteiger partial charge is 0.326 e. The Balaban J connectivity index is 2.36. The lowest BCUT2D eigenvalue weighted by Crippen LogP contribution is -2.14. The van der Waals surface area contributed by atoms with Gasteiger partial charge < -0.3 is 5.32 Å². The molecular formula is C15H24N2O3S. The Kier molecular flexibility index (Phi) is 7.39. The molecule has 0 fully saturated rings. The highest BCUT2D eigenvalue weighted by Gasteiger charge is 2.06. The summed E-state index contributed by atoms with van der Waals surface area (Å²) in [6.07, 6.45) is 6.07. The summed E-state index contributed by atoms with van der Waals surface area (Å²) in [4.78, 5) is 11.7. The van der Waals surface area contributed by atoms with E-state index in [0.717, 1.165) is 12.8 Å². The Morgan fingerprint density at radius 1 is 1.10 bits per heavy atom. The Labute approximate surface area is 127 Å². The normalized spacial score (nSPS) is 11.3. The third-order valence-corrected chi connectivity index (χ3v) is 3.85. The SMILES string of the molecule is CCCCCCCC(=O)Nc1ccc(CS(N)(=O)=O)cc1. The minimum absolute atomic E-state index is 0.00862. The molecule has 5 nitrogen and oxygen atoms in total. The number of unbranched alkanes of at least 4 members (excludes halogenated alkanes) is 4. The summed E-state index contributed by atoms with van der Waals surface area (Å²) in [5.74, 6) is -0.204. The molecule has 0 aliphatic rings. The van der Waals surface area contributed by atoms with Gasteiger partial charge in [-0.3, -0.25) is 4.79 Å². The lowest BCUT2D eigenvalue weighted by molar-refractivity contribution is -0.116. The lowest BCUT2D eigenvalue weighted by atomic mass is 10.1. The highest BCUT2D eigenvalue weighted by atomic mass is 32.2. The molecule has 21 heavy (non-hydrogen) atoms. The predicted octanol–water partition coefficient (Wildman–Crippen LogP) is 2.77. The van der Waals surface area contributed by atoms with Gasteiger partial charge in [-0.05, 0) is 24.1 Å². The molecule has 0 unspecified atom stereocenters. The molecule has 0 aliphatic heterocycles. The molecule has 0 aromatic heterocycles. The fourth-order valence-corrected chi connectivity index (χ4v) is 2.69. The third kappa shape index (κ3) is 8.47. The Morgan fingerprint density at radius 3 is 2.29 bits per heavy atom. The zero-order chi connectivity index (χ0) is 15.7. The minimum atomic E-state index is -3.52. The number of primary sulfonamides is 1. The summed E-state index contributed by atoms with van der Waals surface area (Å²) >= 11 is 0. The Hall–Kier alpha value is -1.40. The number of carbonyl (C=O) groups excluding carboxylic acids is 1. The highest BCUT2D eigenvalue weighted by Crippen LogP contribution is 2.12. The van der Waals surface area contributed by atoms with E-state index in [2.05, 4.69) is 12.2 Å². The number of hydrogen-bond donors (Lipinski definition) is 2. The van der Waals surface area contributed by atoms with Crippen molar-refractivity contribution in [2.24, 2.45) is 5.14 Å². The van der Waals surface area contributed by atoms with Crippen LogP contribution in [0.5, 0.6) is 0 Å². The average molecular weight is 312 g/mol. The first kappa shape index (κ1) is 17.7. The molecule has 1 rings (SSSR count). The fourth-order valence-electron chi connectivity index (χ4n) is 2.03. The fraction of sp³-hybridized carbons (Fsp3) is 0.533. The van der Waals surface area contributed by atoms with Gasteiger partial charge in [0.1, 0.15) is 0 Å². The molecule has 3 N–H and O–H groups in total. The molecule has 0 aliphatic carbocycles. The van der Waals surface area contributed by atoms with Crippen molar-refractivity contribution in [1.82, 2.24) is 0 Å². The van der Waals surface area contributed by atoms with Gasteiger partial charge in [-0.25, -0.2) is 13.6 Å². The summed E-state index contributed by atoms with van der Waals surface area (Å²) in [5, 5.41) is 7.78. The van der Waals surface area contributed by atoms with E-state index >= 15 is 0 Å². The second-order valence-electron chi connectivity index (χ2n) is 5.22. The number of anilines is 1. The van der Waals surface area contributed by atoms with Crippen LogP contribution in [0.2, 0.25) is 0 Å². The maximum absolute atomic E-state index is 11.7. The number of nitrogens with two attached hydrogens (primary N) is 1. The van der Waals surface area contributed by atoms with E-state index < -0.39 is 10.0 Å². The molecule has 6 heteroatoms. The first-order chi connectivity index (χ1) is 9.90. The van der Waals surface area contributed by atoms with Gasteiger partial charge in [0.2, 0.25) is 15.9 Å². The molecule has 118 valence electrons. The van der Waals surface area contributed by atoms with Crippen LogP contribution >= 0.6 is 0 Å². The van der Waals surface area contributed by atoms with Crippen LogP contribution < -0.4 is 10.5 Å². The van der Waals surface area contributed by atoms with E-state index in [1.165, 1.54) is 19.3 Å². The first-order valence-corrected chi connectivity index (χ1v) is 9.01. The molecule has 0 saturated heterocycles. The van der Waals surface area contributed by atoms with Crippen molar-refractivity contribution in [1.29, 1.82) is 0 Å². The van der Waals surface area contributed by atoms with E-state index in [0.29, 0.717) is 17.7 Å². The Morgan fingerprint density at radius 2 is 1.71 bits per heavy atom. The van der Waals surface area contributed by atoms with Crippen LogP contribution in [0.1, 0.15) is 51.0 Å². The molecule has 1 amide bonds. The van der Waals surface area contributed by atoms with Crippen LogP contribution in [0.4, 0.5) is 5.69 Å². The van der Waals surface area contributed by atoms with Gasteiger partial charge in [0.25, 0.3) is 0 Å². The number of sulfonamides is 1. The molecule has 1 aromatic carbocycles. The van der Waals surface area contributed by atoms with Gasteiger partial charge in [0.15, 0.2) is 0 Å².